The Morgan fingerprint density at radius 3 is 2.39 bits per heavy atom. The van der Waals surface area contributed by atoms with Crippen molar-refractivity contribution in [3.05, 3.63) is 51.7 Å². The van der Waals surface area contributed by atoms with Crippen LogP contribution in [0.25, 0.3) is 16.7 Å². The number of fused-ring (bicyclic) bond motifs is 1. The zero-order valence-electron chi connectivity index (χ0n) is 22.0. The molecule has 0 spiro atoms. The summed E-state index contributed by atoms with van der Waals surface area (Å²) in [4.78, 5) is 40.9. The molecule has 190 valence electrons. The third-order valence-electron chi connectivity index (χ3n) is 6.94. The summed E-state index contributed by atoms with van der Waals surface area (Å²) in [5.74, 6) is -0.938. The first-order valence-corrected chi connectivity index (χ1v) is 12.8. The summed E-state index contributed by atoms with van der Waals surface area (Å²) in [6.45, 7) is 11.7. The number of allylic oxidation sites excluding steroid dienone is 1. The van der Waals surface area contributed by atoms with E-state index < -0.39 is 17.0 Å². The summed E-state index contributed by atoms with van der Waals surface area (Å²) in [6.07, 6.45) is 0.412. The smallest absolute Gasteiger partial charge is 0.290 e. The van der Waals surface area contributed by atoms with Crippen LogP contribution < -0.4 is 15.1 Å². The lowest BCUT2D eigenvalue weighted by Crippen LogP contribution is -2.45. The van der Waals surface area contributed by atoms with Crippen LogP contribution in [0, 0.1) is 12.7 Å². The largest absolute Gasteiger partial charge is 0.377 e. The van der Waals surface area contributed by atoms with Crippen molar-refractivity contribution in [1.82, 2.24) is 5.32 Å². The number of carbonyl (C=O) groups excluding carboxylic acids is 3. The molecule has 0 saturated carbocycles. The van der Waals surface area contributed by atoms with Gasteiger partial charge in [-0.2, -0.15) is 0 Å². The maximum absolute atomic E-state index is 16.4. The Morgan fingerprint density at radius 1 is 1.17 bits per heavy atom. The molecule has 1 fully saturated rings. The maximum Gasteiger partial charge on any atom is 0.290 e. The van der Waals surface area contributed by atoms with E-state index in [4.69, 9.17) is 0 Å². The Bertz CT molecular complexity index is 1340. The summed E-state index contributed by atoms with van der Waals surface area (Å²) in [7, 11) is 3.70. The number of rotatable bonds is 4. The number of thioether (sulfide) groups is 1. The number of halogens is 1. The normalized spacial score (nSPS) is 18.5. The average Bonchev–Trinajstić information content (AvgIpc) is 3.10. The number of hydrogen-bond acceptors (Lipinski definition) is 5. The van der Waals surface area contributed by atoms with Crippen molar-refractivity contribution in [2.24, 2.45) is 0 Å². The average molecular weight is 510 g/mol. The van der Waals surface area contributed by atoms with Crippen LogP contribution in [0.4, 0.5) is 20.6 Å². The topological polar surface area (TPSA) is 69.7 Å². The molecule has 3 amide bonds. The third kappa shape index (κ3) is 4.21. The molecule has 2 aromatic carbocycles. The van der Waals surface area contributed by atoms with E-state index in [0.717, 1.165) is 28.6 Å². The van der Waals surface area contributed by atoms with E-state index in [0.29, 0.717) is 28.8 Å². The highest BCUT2D eigenvalue weighted by atomic mass is 32.2. The molecule has 4 rings (SSSR count). The summed E-state index contributed by atoms with van der Waals surface area (Å²) >= 11 is 0.782. The lowest BCUT2D eigenvalue weighted by atomic mass is 9.75. The minimum atomic E-state index is -0.515. The van der Waals surface area contributed by atoms with Gasteiger partial charge in [0.05, 0.1) is 4.91 Å². The van der Waals surface area contributed by atoms with E-state index in [1.54, 1.807) is 17.9 Å². The van der Waals surface area contributed by atoms with Crippen LogP contribution in [0.3, 0.4) is 0 Å². The van der Waals surface area contributed by atoms with Gasteiger partial charge in [0.1, 0.15) is 5.82 Å². The van der Waals surface area contributed by atoms with E-state index >= 15 is 4.39 Å². The first kappa shape index (κ1) is 25.9. The first-order chi connectivity index (χ1) is 16.7. The highest BCUT2D eigenvalue weighted by Gasteiger charge is 2.38. The number of nitrogens with one attached hydrogen (secondary N) is 1. The van der Waals surface area contributed by atoms with Gasteiger partial charge < -0.3 is 9.80 Å². The fourth-order valence-electron chi connectivity index (χ4n) is 5.13. The molecule has 0 bridgehead atoms. The number of amides is 3. The summed E-state index contributed by atoms with van der Waals surface area (Å²) in [6, 6.07) is 7.43. The standard InChI is InChI=1S/C28H32FN3O3S/c1-14(2)32-21-12-18(15(3)11-19(21)28(5,6)13-22(32)33)23-20(31(7)8)10-9-17(24(23)29)16(4)25-26(34)30-27(35)36-25/h9-12,14H,13H2,1-8H3,(H,30,34,35)/b25-16-. The zero-order chi connectivity index (χ0) is 26.7. The van der Waals surface area contributed by atoms with Gasteiger partial charge in [-0.05, 0) is 79.9 Å². The van der Waals surface area contributed by atoms with Gasteiger partial charge in [0, 0.05) is 54.5 Å². The second-order valence-electron chi connectivity index (χ2n) is 10.6. The fraction of sp³-hybridized carbons (Fsp3) is 0.393. The molecule has 8 heteroatoms. The first-order valence-electron chi connectivity index (χ1n) is 12.0. The minimum Gasteiger partial charge on any atom is -0.377 e. The van der Waals surface area contributed by atoms with Crippen molar-refractivity contribution in [1.29, 1.82) is 0 Å². The Hall–Kier alpha value is -3.13. The molecule has 0 aliphatic carbocycles. The lowest BCUT2D eigenvalue weighted by molar-refractivity contribution is -0.120. The van der Waals surface area contributed by atoms with E-state index in [1.807, 2.05) is 51.9 Å². The van der Waals surface area contributed by atoms with Crippen molar-refractivity contribution in [3.63, 3.8) is 0 Å². The molecular weight excluding hydrogens is 477 g/mol. The number of carbonyl (C=O) groups is 3. The van der Waals surface area contributed by atoms with Crippen LogP contribution in [-0.2, 0) is 15.0 Å². The number of anilines is 2. The molecule has 0 aromatic heterocycles. The Morgan fingerprint density at radius 2 is 1.83 bits per heavy atom. The Balaban J connectivity index is 2.01. The predicted octanol–water partition coefficient (Wildman–Crippen LogP) is 6.00. The molecule has 0 atom stereocenters. The second kappa shape index (κ2) is 9.07. The van der Waals surface area contributed by atoms with Crippen LogP contribution in [0.5, 0.6) is 0 Å². The van der Waals surface area contributed by atoms with Gasteiger partial charge in [-0.3, -0.25) is 19.7 Å². The van der Waals surface area contributed by atoms with Crippen LogP contribution in [-0.4, -0.2) is 37.2 Å². The number of aryl methyl sites for hydroxylation is 1. The quantitative estimate of drug-likeness (QED) is 0.512. The van der Waals surface area contributed by atoms with Gasteiger partial charge in [0.25, 0.3) is 11.1 Å². The van der Waals surface area contributed by atoms with Crippen molar-refractivity contribution in [2.45, 2.75) is 59.4 Å². The van der Waals surface area contributed by atoms with Gasteiger partial charge >= 0.3 is 0 Å². The van der Waals surface area contributed by atoms with Crippen LogP contribution in [0.1, 0.15) is 57.7 Å². The molecule has 2 heterocycles. The molecule has 0 radical (unpaired) electrons. The van der Waals surface area contributed by atoms with Gasteiger partial charge in [-0.15, -0.1) is 0 Å². The maximum atomic E-state index is 16.4. The molecule has 1 saturated heterocycles. The second-order valence-corrected chi connectivity index (χ2v) is 11.6. The number of benzene rings is 2. The zero-order valence-corrected chi connectivity index (χ0v) is 22.8. The van der Waals surface area contributed by atoms with Gasteiger partial charge in [-0.1, -0.05) is 19.9 Å². The van der Waals surface area contributed by atoms with Crippen molar-refractivity contribution < 1.29 is 18.8 Å². The Kier molecular flexibility index (Phi) is 6.54. The summed E-state index contributed by atoms with van der Waals surface area (Å²) in [5, 5.41) is 1.78. The van der Waals surface area contributed by atoms with Crippen LogP contribution in [0.15, 0.2) is 29.2 Å². The molecule has 2 aliphatic rings. The molecule has 36 heavy (non-hydrogen) atoms. The number of nitrogens with zero attached hydrogens (tertiary/aromatic N) is 2. The van der Waals surface area contributed by atoms with Crippen molar-refractivity contribution >= 4 is 45.8 Å². The van der Waals surface area contributed by atoms with Crippen LogP contribution in [0.2, 0.25) is 0 Å². The highest BCUT2D eigenvalue weighted by Crippen LogP contribution is 2.47. The van der Waals surface area contributed by atoms with E-state index in [-0.39, 0.29) is 27.8 Å². The van der Waals surface area contributed by atoms with E-state index in [9.17, 15) is 14.4 Å². The SMILES string of the molecule is C/C(=C1/SC(=O)NC1=O)c1ccc(N(C)C)c(-c2cc3c(cc2C)C(C)(C)CC(=O)N3C(C)C)c1F. The number of imide groups is 1. The van der Waals surface area contributed by atoms with E-state index in [1.165, 1.54) is 0 Å². The molecular formula is C28H32FN3O3S. The van der Waals surface area contributed by atoms with Gasteiger partial charge in [-0.25, -0.2) is 4.39 Å². The van der Waals surface area contributed by atoms with Crippen LogP contribution >= 0.6 is 11.8 Å². The van der Waals surface area contributed by atoms with Gasteiger partial charge in [0.2, 0.25) is 5.91 Å². The molecule has 1 N–H and O–H groups in total. The molecule has 0 unspecified atom stereocenters. The fourth-order valence-corrected chi connectivity index (χ4v) is 5.87. The summed E-state index contributed by atoms with van der Waals surface area (Å²) < 4.78 is 16.4. The monoisotopic (exact) mass is 509 g/mol. The minimum absolute atomic E-state index is 0.0465. The third-order valence-corrected chi connectivity index (χ3v) is 7.93. The van der Waals surface area contributed by atoms with E-state index in [2.05, 4.69) is 25.2 Å². The van der Waals surface area contributed by atoms with Gasteiger partial charge in [0.15, 0.2) is 0 Å². The van der Waals surface area contributed by atoms with Crippen molar-refractivity contribution in [3.8, 4) is 11.1 Å². The molecule has 2 aromatic rings. The van der Waals surface area contributed by atoms with Crippen molar-refractivity contribution in [2.75, 3.05) is 23.9 Å². The predicted molar refractivity (Wildman–Crippen MR) is 145 cm³/mol. The highest BCUT2D eigenvalue weighted by molar-refractivity contribution is 8.18. The number of hydrogen-bond donors (Lipinski definition) is 1. The molecule has 2 aliphatic heterocycles. The summed E-state index contributed by atoms with van der Waals surface area (Å²) in [5.41, 5.74) is 4.84. The lowest BCUT2D eigenvalue weighted by Gasteiger charge is -2.41. The Labute approximate surface area is 215 Å². The molecule has 6 nitrogen and oxygen atoms in total.